The van der Waals surface area contributed by atoms with E-state index in [1.165, 1.54) is 18.4 Å². The van der Waals surface area contributed by atoms with Gasteiger partial charge in [-0.1, -0.05) is 95.3 Å². The minimum atomic E-state index is -3.72. The van der Waals surface area contributed by atoms with Crippen LogP contribution in [0.5, 0.6) is 0 Å². The molecule has 0 aliphatic heterocycles. The van der Waals surface area contributed by atoms with Gasteiger partial charge in [-0.3, -0.25) is 4.31 Å². The quantitative estimate of drug-likeness (QED) is 0.235. The lowest BCUT2D eigenvalue weighted by atomic mass is 9.98. The molecule has 36 heavy (non-hydrogen) atoms. The molecule has 1 aromatic heterocycles. The van der Waals surface area contributed by atoms with Gasteiger partial charge in [0, 0.05) is 28.7 Å². The molecule has 5 heteroatoms. The molecule has 0 aliphatic rings. The fraction of sp³-hybridized carbons (Fsp3) is 0.484. The highest BCUT2D eigenvalue weighted by Gasteiger charge is 2.29. The lowest BCUT2D eigenvalue weighted by Gasteiger charge is -2.28. The third kappa shape index (κ3) is 6.23. The van der Waals surface area contributed by atoms with Crippen molar-refractivity contribution in [2.24, 2.45) is 0 Å². The first-order valence-corrected chi connectivity index (χ1v) is 15.1. The number of sulfonamides is 1. The molecule has 0 bridgehead atoms. The number of H-pyrrole nitrogens is 1. The number of unbranched alkanes of at least 4 members (excludes halogenated alkanes) is 5. The Morgan fingerprint density at radius 1 is 0.944 bits per heavy atom. The van der Waals surface area contributed by atoms with Crippen molar-refractivity contribution in [3.05, 3.63) is 70.9 Å². The van der Waals surface area contributed by atoms with E-state index in [0.717, 1.165) is 65.5 Å². The average molecular weight is 509 g/mol. The number of aromatic amines is 1. The van der Waals surface area contributed by atoms with Crippen LogP contribution >= 0.6 is 0 Å². The molecule has 1 N–H and O–H groups in total. The molecule has 0 atom stereocenters. The largest absolute Gasteiger partial charge is 0.358 e. The molecular weight excluding hydrogens is 464 g/mol. The van der Waals surface area contributed by atoms with E-state index < -0.39 is 10.0 Å². The van der Waals surface area contributed by atoms with Crippen LogP contribution in [0.2, 0.25) is 0 Å². The zero-order chi connectivity index (χ0) is 26.3. The Balaban J connectivity index is 2.21. The van der Waals surface area contributed by atoms with Crippen LogP contribution in [0.3, 0.4) is 0 Å². The lowest BCUT2D eigenvalue weighted by Crippen LogP contribution is -2.31. The smallest absolute Gasteiger partial charge is 0.264 e. The van der Waals surface area contributed by atoms with Crippen LogP contribution in [-0.4, -0.2) is 24.3 Å². The maximum Gasteiger partial charge on any atom is 0.264 e. The molecule has 1 heterocycles. The highest BCUT2D eigenvalue weighted by molar-refractivity contribution is 7.89. The van der Waals surface area contributed by atoms with Crippen molar-refractivity contribution in [2.75, 3.05) is 6.54 Å². The summed E-state index contributed by atoms with van der Waals surface area (Å²) in [7, 11) is -3.72. The second-order valence-electron chi connectivity index (χ2n) is 10.2. The van der Waals surface area contributed by atoms with Crippen molar-refractivity contribution >= 4 is 26.6 Å². The summed E-state index contributed by atoms with van der Waals surface area (Å²) in [6, 6.07) is 13.6. The second kappa shape index (κ2) is 12.6. The van der Waals surface area contributed by atoms with E-state index in [1.807, 2.05) is 19.1 Å². The Kier molecular flexibility index (Phi) is 9.84. The molecule has 0 spiro atoms. The Labute approximate surface area is 218 Å². The molecule has 0 radical (unpaired) electrons. The van der Waals surface area contributed by atoms with Crippen molar-refractivity contribution in [3.8, 4) is 0 Å². The van der Waals surface area contributed by atoms with E-state index in [9.17, 15) is 8.42 Å². The Morgan fingerprint density at radius 3 is 2.28 bits per heavy atom. The minimum Gasteiger partial charge on any atom is -0.358 e. The number of aryl methyl sites for hydroxylation is 2. The predicted molar refractivity (Wildman–Crippen MR) is 154 cm³/mol. The van der Waals surface area contributed by atoms with Crippen LogP contribution in [-0.2, 0) is 10.0 Å². The van der Waals surface area contributed by atoms with Gasteiger partial charge in [0.05, 0.1) is 10.6 Å². The van der Waals surface area contributed by atoms with Gasteiger partial charge in [0.1, 0.15) is 0 Å². The minimum absolute atomic E-state index is 0.349. The summed E-state index contributed by atoms with van der Waals surface area (Å²) in [5.74, 6) is 0.369. The molecule has 0 amide bonds. The van der Waals surface area contributed by atoms with Crippen molar-refractivity contribution < 1.29 is 8.42 Å². The van der Waals surface area contributed by atoms with Gasteiger partial charge < -0.3 is 4.98 Å². The number of hydrogen-bond donors (Lipinski definition) is 1. The normalized spacial score (nSPS) is 12.6. The zero-order valence-electron chi connectivity index (χ0n) is 23.0. The third-order valence-electron chi connectivity index (χ3n) is 6.92. The summed E-state index contributed by atoms with van der Waals surface area (Å²) < 4.78 is 29.9. The predicted octanol–water partition coefficient (Wildman–Crippen LogP) is 8.71. The summed E-state index contributed by atoms with van der Waals surface area (Å²) in [6.45, 7) is 13.2. The molecule has 3 aromatic rings. The van der Waals surface area contributed by atoms with E-state index in [0.29, 0.717) is 17.4 Å². The average Bonchev–Trinajstić information content (AvgIpc) is 3.18. The molecule has 0 saturated heterocycles. The highest BCUT2D eigenvalue weighted by atomic mass is 32.2. The van der Waals surface area contributed by atoms with E-state index in [-0.39, 0.29) is 0 Å². The summed E-state index contributed by atoms with van der Waals surface area (Å²) in [6.07, 6.45) is 9.36. The standard InChI is InChI=1S/C31H44N2O2S/c1-7-9-11-12-13-17-29(30-25(6)32-31-27(23(3)4)15-14-16-28(30)31)33(22-10-8-2)36(34,35)26-20-18-24(5)19-21-26/h14-21,23,32H,7-13,22H2,1-6H3/b29-17-. The molecule has 0 unspecified atom stereocenters. The summed E-state index contributed by atoms with van der Waals surface area (Å²) in [4.78, 5) is 3.96. The molecule has 0 saturated carbocycles. The fourth-order valence-electron chi connectivity index (χ4n) is 4.83. The number of nitrogens with zero attached hydrogens (tertiary/aromatic N) is 1. The number of aromatic nitrogens is 1. The molecule has 3 rings (SSSR count). The van der Waals surface area contributed by atoms with Gasteiger partial charge >= 0.3 is 0 Å². The molecule has 196 valence electrons. The van der Waals surface area contributed by atoms with E-state index >= 15 is 0 Å². The van der Waals surface area contributed by atoms with Crippen LogP contribution in [0.25, 0.3) is 16.6 Å². The van der Waals surface area contributed by atoms with E-state index in [4.69, 9.17) is 0 Å². The number of fused-ring (bicyclic) bond motifs is 1. The first-order chi connectivity index (χ1) is 17.2. The molecule has 0 aliphatic carbocycles. The maximum absolute atomic E-state index is 14.1. The first-order valence-electron chi connectivity index (χ1n) is 13.6. The first kappa shape index (κ1) is 28.0. The summed E-state index contributed by atoms with van der Waals surface area (Å²) in [5.41, 5.74) is 6.25. The van der Waals surface area contributed by atoms with E-state index in [2.05, 4.69) is 63.9 Å². The molecule has 4 nitrogen and oxygen atoms in total. The number of para-hydroxylation sites is 1. The Morgan fingerprint density at radius 2 is 1.64 bits per heavy atom. The zero-order valence-corrected chi connectivity index (χ0v) is 23.8. The number of allylic oxidation sites excluding steroid dienone is 1. The van der Waals surface area contributed by atoms with Crippen molar-refractivity contribution in [1.29, 1.82) is 0 Å². The number of nitrogens with one attached hydrogen (secondary N) is 1. The van der Waals surface area contributed by atoms with Crippen molar-refractivity contribution in [1.82, 2.24) is 9.29 Å². The number of rotatable bonds is 13. The van der Waals surface area contributed by atoms with Gasteiger partial charge in [-0.2, -0.15) is 0 Å². The SMILES string of the molecule is CCCCCC/C=C(/c1c(C)[nH]c2c(C(C)C)cccc12)N(CCCC)S(=O)(=O)c1ccc(C)cc1. The van der Waals surface area contributed by atoms with Crippen molar-refractivity contribution in [2.45, 2.75) is 97.3 Å². The molecule has 0 fully saturated rings. The van der Waals surface area contributed by atoms with Gasteiger partial charge in [-0.05, 0) is 56.7 Å². The second-order valence-corrected chi connectivity index (χ2v) is 12.1. The lowest BCUT2D eigenvalue weighted by molar-refractivity contribution is 0.497. The monoisotopic (exact) mass is 508 g/mol. The summed E-state index contributed by atoms with van der Waals surface area (Å²) in [5, 5.41) is 1.10. The van der Waals surface area contributed by atoms with Crippen LogP contribution in [0, 0.1) is 13.8 Å². The van der Waals surface area contributed by atoms with E-state index in [1.54, 1.807) is 16.4 Å². The maximum atomic E-state index is 14.1. The third-order valence-corrected chi connectivity index (χ3v) is 8.75. The Bertz CT molecular complexity index is 1270. The van der Waals surface area contributed by atoms with Gasteiger partial charge in [-0.15, -0.1) is 0 Å². The Hall–Kier alpha value is -2.53. The molecular formula is C31H44N2O2S. The van der Waals surface area contributed by atoms with Gasteiger partial charge in [0.2, 0.25) is 0 Å². The van der Waals surface area contributed by atoms with Crippen LogP contribution in [0.15, 0.2) is 53.4 Å². The van der Waals surface area contributed by atoms with Gasteiger partial charge in [-0.25, -0.2) is 8.42 Å². The van der Waals surface area contributed by atoms with Crippen molar-refractivity contribution in [3.63, 3.8) is 0 Å². The van der Waals surface area contributed by atoms with Crippen LogP contribution < -0.4 is 0 Å². The number of hydrogen-bond acceptors (Lipinski definition) is 2. The highest BCUT2D eigenvalue weighted by Crippen LogP contribution is 2.37. The summed E-state index contributed by atoms with van der Waals surface area (Å²) >= 11 is 0. The van der Waals surface area contributed by atoms with Gasteiger partial charge in [0.15, 0.2) is 0 Å². The number of benzene rings is 2. The van der Waals surface area contributed by atoms with Crippen LogP contribution in [0.1, 0.15) is 101 Å². The van der Waals surface area contributed by atoms with Gasteiger partial charge in [0.25, 0.3) is 10.0 Å². The fourth-order valence-corrected chi connectivity index (χ4v) is 6.36. The van der Waals surface area contributed by atoms with Crippen LogP contribution in [0.4, 0.5) is 0 Å². The molecule has 2 aromatic carbocycles. The topological polar surface area (TPSA) is 53.2 Å².